The summed E-state index contributed by atoms with van der Waals surface area (Å²) in [7, 11) is 0. The van der Waals surface area contributed by atoms with E-state index in [9.17, 15) is 34.2 Å². The number of non-ortho nitro benzene ring substituents is 1. The summed E-state index contributed by atoms with van der Waals surface area (Å²) in [6.07, 6.45) is 1.45. The lowest BCUT2D eigenvalue weighted by Gasteiger charge is -2.12. The zero-order chi connectivity index (χ0) is 25.1. The van der Waals surface area contributed by atoms with Crippen molar-refractivity contribution in [2.24, 2.45) is 0 Å². The van der Waals surface area contributed by atoms with Gasteiger partial charge in [0.1, 0.15) is 11.6 Å². The Kier molecular flexibility index (Phi) is 6.55. The number of ether oxygens (including phenoxy) is 1. The highest BCUT2D eigenvalue weighted by Crippen LogP contribution is 2.36. The molecule has 0 aromatic heterocycles. The number of carbonyl (C=O) groups excluding carboxylic acids is 2. The molecule has 176 valence electrons. The van der Waals surface area contributed by atoms with Gasteiger partial charge < -0.3 is 4.74 Å². The number of halogens is 1. The summed E-state index contributed by atoms with van der Waals surface area (Å²) >= 11 is 0.704. The Morgan fingerprint density at radius 3 is 2.46 bits per heavy atom. The third-order valence-corrected chi connectivity index (χ3v) is 5.80. The Labute approximate surface area is 200 Å². The summed E-state index contributed by atoms with van der Waals surface area (Å²) < 4.78 is 19.5. The molecule has 0 bridgehead atoms. The summed E-state index contributed by atoms with van der Waals surface area (Å²) in [5.74, 6) is -1.15. The summed E-state index contributed by atoms with van der Waals surface area (Å²) in [6.45, 7) is -0.207. The fourth-order valence-corrected chi connectivity index (χ4v) is 4.07. The van der Waals surface area contributed by atoms with Crippen LogP contribution in [0.4, 0.5) is 20.6 Å². The molecule has 1 aliphatic rings. The number of nitro groups is 2. The van der Waals surface area contributed by atoms with Crippen LogP contribution in [0.2, 0.25) is 0 Å². The number of carbonyl (C=O) groups is 2. The number of nitro benzene ring substituents is 2. The van der Waals surface area contributed by atoms with E-state index in [0.717, 1.165) is 23.1 Å². The van der Waals surface area contributed by atoms with Crippen molar-refractivity contribution >= 4 is 40.4 Å². The van der Waals surface area contributed by atoms with Gasteiger partial charge in [-0.15, -0.1) is 0 Å². The lowest BCUT2D eigenvalue weighted by molar-refractivity contribution is -0.394. The van der Waals surface area contributed by atoms with Crippen molar-refractivity contribution in [3.8, 4) is 11.5 Å². The van der Waals surface area contributed by atoms with Crippen LogP contribution >= 0.6 is 11.8 Å². The van der Waals surface area contributed by atoms with Crippen LogP contribution in [-0.2, 0) is 11.3 Å². The van der Waals surface area contributed by atoms with Gasteiger partial charge in [0.15, 0.2) is 0 Å². The zero-order valence-electron chi connectivity index (χ0n) is 17.6. The number of hydrogen-bond acceptors (Lipinski definition) is 8. The average molecular weight is 495 g/mol. The van der Waals surface area contributed by atoms with Crippen molar-refractivity contribution in [1.29, 1.82) is 0 Å². The maximum Gasteiger partial charge on any atom is 0.318 e. The van der Waals surface area contributed by atoms with Crippen molar-refractivity contribution in [3.63, 3.8) is 0 Å². The van der Waals surface area contributed by atoms with Crippen LogP contribution in [0, 0.1) is 26.0 Å². The molecule has 0 atom stereocenters. The predicted octanol–water partition coefficient (Wildman–Crippen LogP) is 5.67. The van der Waals surface area contributed by atoms with Gasteiger partial charge in [0.05, 0.1) is 27.4 Å². The zero-order valence-corrected chi connectivity index (χ0v) is 18.4. The van der Waals surface area contributed by atoms with E-state index in [4.69, 9.17) is 4.74 Å². The minimum atomic E-state index is -0.794. The maximum absolute atomic E-state index is 13.9. The van der Waals surface area contributed by atoms with E-state index in [0.29, 0.717) is 17.3 Å². The molecule has 1 heterocycles. The van der Waals surface area contributed by atoms with Crippen LogP contribution in [0.15, 0.2) is 71.6 Å². The van der Waals surface area contributed by atoms with Crippen molar-refractivity contribution in [2.45, 2.75) is 6.54 Å². The third-order valence-electron chi connectivity index (χ3n) is 4.89. The van der Waals surface area contributed by atoms with Crippen molar-refractivity contribution in [1.82, 2.24) is 4.90 Å². The van der Waals surface area contributed by atoms with E-state index >= 15 is 0 Å². The van der Waals surface area contributed by atoms with E-state index in [2.05, 4.69) is 0 Å². The lowest BCUT2D eigenvalue weighted by Crippen LogP contribution is -2.27. The number of nitrogens with zero attached hydrogens (tertiary/aromatic N) is 3. The second kappa shape index (κ2) is 9.73. The molecule has 35 heavy (non-hydrogen) atoms. The quantitative estimate of drug-likeness (QED) is 0.233. The first kappa shape index (κ1) is 23.6. The topological polar surface area (TPSA) is 133 Å². The monoisotopic (exact) mass is 495 g/mol. The first-order valence-corrected chi connectivity index (χ1v) is 10.7. The van der Waals surface area contributed by atoms with Crippen molar-refractivity contribution in [3.05, 3.63) is 109 Å². The molecule has 1 saturated heterocycles. The summed E-state index contributed by atoms with van der Waals surface area (Å²) in [4.78, 5) is 46.8. The number of imide groups is 1. The minimum Gasteiger partial charge on any atom is -0.450 e. The van der Waals surface area contributed by atoms with Gasteiger partial charge in [0.25, 0.3) is 16.8 Å². The normalized spacial score (nSPS) is 14.4. The molecule has 2 amide bonds. The number of benzene rings is 3. The van der Waals surface area contributed by atoms with Gasteiger partial charge in [-0.05, 0) is 47.7 Å². The first-order chi connectivity index (χ1) is 16.7. The molecule has 0 unspecified atom stereocenters. The average Bonchev–Trinajstić information content (AvgIpc) is 3.08. The highest BCUT2D eigenvalue weighted by molar-refractivity contribution is 8.18. The van der Waals surface area contributed by atoms with Gasteiger partial charge in [-0.25, -0.2) is 4.39 Å². The highest BCUT2D eigenvalue weighted by atomic mass is 32.2. The smallest absolute Gasteiger partial charge is 0.318 e. The molecule has 0 aliphatic carbocycles. The second-order valence-corrected chi connectivity index (χ2v) is 8.19. The Bertz CT molecular complexity index is 1410. The molecule has 3 aromatic carbocycles. The van der Waals surface area contributed by atoms with Gasteiger partial charge >= 0.3 is 5.69 Å². The Hall–Kier alpha value is -4.58. The van der Waals surface area contributed by atoms with Gasteiger partial charge in [-0.1, -0.05) is 30.3 Å². The Morgan fingerprint density at radius 2 is 1.74 bits per heavy atom. The number of rotatable bonds is 7. The summed E-state index contributed by atoms with van der Waals surface area (Å²) in [5.41, 5.74) is -0.373. The lowest BCUT2D eigenvalue weighted by atomic mass is 10.2. The molecular weight excluding hydrogens is 481 g/mol. The molecule has 1 aliphatic heterocycles. The summed E-state index contributed by atoms with van der Waals surface area (Å²) in [5, 5.41) is 21.7. The molecular formula is C23H14FN3O7S. The predicted molar refractivity (Wildman–Crippen MR) is 124 cm³/mol. The van der Waals surface area contributed by atoms with Gasteiger partial charge in [-0.3, -0.25) is 34.7 Å². The fraction of sp³-hybridized carbons (Fsp3) is 0.0435. The van der Waals surface area contributed by atoms with Crippen LogP contribution in [0.3, 0.4) is 0 Å². The maximum atomic E-state index is 13.9. The molecule has 0 saturated carbocycles. The van der Waals surface area contributed by atoms with Crippen LogP contribution in [0.1, 0.15) is 11.1 Å². The van der Waals surface area contributed by atoms with E-state index in [1.807, 2.05) is 0 Å². The third kappa shape index (κ3) is 5.17. The second-order valence-electron chi connectivity index (χ2n) is 7.20. The molecule has 4 rings (SSSR count). The van der Waals surface area contributed by atoms with E-state index in [1.165, 1.54) is 36.4 Å². The number of thioether (sulfide) groups is 1. The molecule has 12 heteroatoms. The first-order valence-electron chi connectivity index (χ1n) is 9.92. The molecule has 0 radical (unpaired) electrons. The van der Waals surface area contributed by atoms with E-state index in [1.54, 1.807) is 18.2 Å². The van der Waals surface area contributed by atoms with Crippen LogP contribution in [0.5, 0.6) is 11.5 Å². The van der Waals surface area contributed by atoms with Crippen molar-refractivity contribution in [2.75, 3.05) is 0 Å². The standard InChI is InChI=1S/C23H14FN3O7S/c24-18-7-2-1-5-15(18)13-25-22(28)21(35-23(25)29)11-14-4-3-6-17(10-14)34-20-9-8-16(26(30)31)12-19(20)27(32)33/h1-12H,13H2/b21-11+. The largest absolute Gasteiger partial charge is 0.450 e. The molecule has 0 N–H and O–H groups in total. The van der Waals surface area contributed by atoms with Crippen LogP contribution in [-0.4, -0.2) is 25.9 Å². The SMILES string of the molecule is O=C1S/C(=C/c2cccc(Oc3ccc([N+](=O)[O-])cc3[N+](=O)[O-])c2)C(=O)N1Cc1ccccc1F. The van der Waals surface area contributed by atoms with Gasteiger partial charge in [0, 0.05) is 11.6 Å². The van der Waals surface area contributed by atoms with Gasteiger partial charge in [0.2, 0.25) is 5.75 Å². The molecule has 0 spiro atoms. The van der Waals surface area contributed by atoms with E-state index < -0.39 is 38.2 Å². The minimum absolute atomic E-state index is 0.116. The van der Waals surface area contributed by atoms with Crippen molar-refractivity contribution < 1.29 is 28.6 Å². The van der Waals surface area contributed by atoms with Crippen LogP contribution in [0.25, 0.3) is 6.08 Å². The Morgan fingerprint density at radius 1 is 0.971 bits per heavy atom. The molecule has 3 aromatic rings. The summed E-state index contributed by atoms with van der Waals surface area (Å²) in [6, 6.07) is 15.0. The van der Waals surface area contributed by atoms with Gasteiger partial charge in [-0.2, -0.15) is 0 Å². The number of hydrogen-bond donors (Lipinski definition) is 0. The molecule has 10 nitrogen and oxygen atoms in total. The fourth-order valence-electron chi connectivity index (χ4n) is 3.23. The molecule has 1 fully saturated rings. The Balaban J connectivity index is 1.56. The van der Waals surface area contributed by atoms with E-state index in [-0.39, 0.29) is 28.5 Å². The number of amides is 2. The van der Waals surface area contributed by atoms with Crippen LogP contribution < -0.4 is 4.74 Å². The highest BCUT2D eigenvalue weighted by Gasteiger charge is 2.35.